The zero-order valence-electron chi connectivity index (χ0n) is 10.9. The Labute approximate surface area is 139 Å². The molecular weight excluding hydrogens is 396 g/mol. The number of nitrogens with one attached hydrogen (secondary N) is 1. The molecule has 1 unspecified atom stereocenters. The average Bonchev–Trinajstić information content (AvgIpc) is 2.50. The molecule has 2 aromatic heterocycles. The summed E-state index contributed by atoms with van der Waals surface area (Å²) in [7, 11) is 0. The third-order valence-electron chi connectivity index (χ3n) is 3.25. The predicted octanol–water partition coefficient (Wildman–Crippen LogP) is 3.71. The van der Waals surface area contributed by atoms with Crippen molar-refractivity contribution in [2.75, 3.05) is 0 Å². The minimum atomic E-state index is -0.244. The van der Waals surface area contributed by atoms with Crippen LogP contribution in [0.1, 0.15) is 17.3 Å². The summed E-state index contributed by atoms with van der Waals surface area (Å²) < 4.78 is 1.79. The first-order chi connectivity index (χ1) is 10.2. The van der Waals surface area contributed by atoms with Crippen LogP contribution >= 0.6 is 31.9 Å². The molecule has 3 rings (SSSR count). The van der Waals surface area contributed by atoms with Gasteiger partial charge in [0.1, 0.15) is 0 Å². The molecule has 0 amide bonds. The number of hydrogen-bond donors (Lipinski definition) is 2. The van der Waals surface area contributed by atoms with Crippen molar-refractivity contribution in [1.82, 2.24) is 15.4 Å². The Morgan fingerprint density at radius 1 is 1.10 bits per heavy atom. The number of nitrogens with two attached hydrogens (primary N) is 1. The molecule has 0 aliphatic carbocycles. The standard InChI is InChI=1S/C15H12Br2N4/c16-10-7-12(17)15(20-8-10)14(21-18)11-5-1-3-9-4-2-6-19-13(9)11/h1-8,14,21H,18H2. The largest absolute Gasteiger partial charge is 0.271 e. The molecule has 0 saturated carbocycles. The smallest absolute Gasteiger partial charge is 0.0913 e. The van der Waals surface area contributed by atoms with E-state index in [-0.39, 0.29) is 6.04 Å². The van der Waals surface area contributed by atoms with Crippen molar-refractivity contribution in [2.45, 2.75) is 6.04 Å². The Morgan fingerprint density at radius 2 is 1.90 bits per heavy atom. The topological polar surface area (TPSA) is 63.8 Å². The van der Waals surface area contributed by atoms with Crippen molar-refractivity contribution in [3.8, 4) is 0 Å². The summed E-state index contributed by atoms with van der Waals surface area (Å²) in [4.78, 5) is 8.94. The number of halogens is 2. The quantitative estimate of drug-likeness (QED) is 0.513. The van der Waals surface area contributed by atoms with E-state index in [4.69, 9.17) is 5.84 Å². The normalized spacial score (nSPS) is 12.5. The van der Waals surface area contributed by atoms with Crippen molar-refractivity contribution >= 4 is 42.8 Å². The van der Waals surface area contributed by atoms with Crippen molar-refractivity contribution in [2.24, 2.45) is 5.84 Å². The molecule has 0 fully saturated rings. The molecule has 0 bridgehead atoms. The van der Waals surface area contributed by atoms with Gasteiger partial charge in [0.15, 0.2) is 0 Å². The van der Waals surface area contributed by atoms with Gasteiger partial charge in [-0.05, 0) is 44.0 Å². The summed E-state index contributed by atoms with van der Waals surface area (Å²) in [6.45, 7) is 0. The highest BCUT2D eigenvalue weighted by Gasteiger charge is 2.19. The van der Waals surface area contributed by atoms with Crippen molar-refractivity contribution < 1.29 is 0 Å². The van der Waals surface area contributed by atoms with Crippen molar-refractivity contribution in [1.29, 1.82) is 0 Å². The van der Waals surface area contributed by atoms with Gasteiger partial charge in [0.25, 0.3) is 0 Å². The first kappa shape index (κ1) is 14.6. The molecule has 0 aliphatic heterocycles. The second-order valence-electron chi connectivity index (χ2n) is 4.54. The number of fused-ring (bicyclic) bond motifs is 1. The lowest BCUT2D eigenvalue weighted by Crippen LogP contribution is -2.30. The van der Waals surface area contributed by atoms with Gasteiger partial charge in [-0.1, -0.05) is 24.3 Å². The summed E-state index contributed by atoms with van der Waals surface area (Å²) in [5.74, 6) is 5.78. The van der Waals surface area contributed by atoms with Crippen LogP contribution in [-0.2, 0) is 0 Å². The van der Waals surface area contributed by atoms with E-state index in [2.05, 4.69) is 47.3 Å². The maximum Gasteiger partial charge on any atom is 0.0913 e. The first-order valence-electron chi connectivity index (χ1n) is 6.31. The maximum atomic E-state index is 5.78. The van der Waals surface area contributed by atoms with E-state index in [1.54, 1.807) is 12.4 Å². The molecule has 3 N–H and O–H groups in total. The molecule has 106 valence electrons. The van der Waals surface area contributed by atoms with Crippen molar-refractivity contribution in [3.63, 3.8) is 0 Å². The maximum absolute atomic E-state index is 5.78. The highest BCUT2D eigenvalue weighted by atomic mass is 79.9. The van der Waals surface area contributed by atoms with Gasteiger partial charge in [0.2, 0.25) is 0 Å². The Bertz CT molecular complexity index is 786. The molecule has 0 aliphatic rings. The summed E-state index contributed by atoms with van der Waals surface area (Å²) >= 11 is 6.95. The molecule has 1 aromatic carbocycles. The third-order valence-corrected chi connectivity index (χ3v) is 4.32. The minimum absolute atomic E-state index is 0.244. The second-order valence-corrected chi connectivity index (χ2v) is 6.31. The fourth-order valence-corrected chi connectivity index (χ4v) is 3.53. The molecule has 0 spiro atoms. The van der Waals surface area contributed by atoms with E-state index in [9.17, 15) is 0 Å². The van der Waals surface area contributed by atoms with E-state index in [1.807, 2.05) is 36.4 Å². The fourth-order valence-electron chi connectivity index (χ4n) is 2.31. The second kappa shape index (κ2) is 6.19. The zero-order valence-corrected chi connectivity index (χ0v) is 14.1. The number of benzene rings is 1. The molecule has 1 atom stereocenters. The lowest BCUT2D eigenvalue weighted by Gasteiger charge is -2.18. The van der Waals surface area contributed by atoms with Gasteiger partial charge >= 0.3 is 0 Å². The van der Waals surface area contributed by atoms with Crippen LogP contribution < -0.4 is 11.3 Å². The van der Waals surface area contributed by atoms with Gasteiger partial charge in [0, 0.05) is 32.3 Å². The van der Waals surface area contributed by atoms with Crippen LogP contribution in [-0.4, -0.2) is 9.97 Å². The SMILES string of the molecule is NNC(c1ncc(Br)cc1Br)c1cccc2cccnc12. The number of nitrogens with zero attached hydrogens (tertiary/aromatic N) is 2. The summed E-state index contributed by atoms with van der Waals surface area (Å²) in [6, 6.07) is 11.7. The molecule has 6 heteroatoms. The van der Waals surface area contributed by atoms with Crippen LogP contribution in [0, 0.1) is 0 Å². The van der Waals surface area contributed by atoms with E-state index in [0.29, 0.717) is 0 Å². The number of pyridine rings is 2. The van der Waals surface area contributed by atoms with Gasteiger partial charge in [-0.25, -0.2) is 5.43 Å². The number of hydrazine groups is 1. The Balaban J connectivity index is 2.18. The van der Waals surface area contributed by atoms with Crippen molar-refractivity contribution in [3.05, 3.63) is 69.0 Å². The third kappa shape index (κ3) is 2.85. The van der Waals surface area contributed by atoms with Crippen LogP contribution in [0.5, 0.6) is 0 Å². The summed E-state index contributed by atoms with van der Waals surface area (Å²) in [6.07, 6.45) is 3.53. The number of aromatic nitrogens is 2. The van der Waals surface area contributed by atoms with Crippen LogP contribution in [0.25, 0.3) is 10.9 Å². The van der Waals surface area contributed by atoms with Crippen LogP contribution in [0.2, 0.25) is 0 Å². The van der Waals surface area contributed by atoms with E-state index in [0.717, 1.165) is 31.1 Å². The van der Waals surface area contributed by atoms with E-state index in [1.165, 1.54) is 0 Å². The average molecular weight is 408 g/mol. The lowest BCUT2D eigenvalue weighted by atomic mass is 10.0. The summed E-state index contributed by atoms with van der Waals surface area (Å²) in [5, 5.41) is 1.07. The number of rotatable bonds is 3. The predicted molar refractivity (Wildman–Crippen MR) is 90.5 cm³/mol. The van der Waals surface area contributed by atoms with E-state index >= 15 is 0 Å². The van der Waals surface area contributed by atoms with Gasteiger partial charge in [-0.2, -0.15) is 0 Å². The van der Waals surface area contributed by atoms with Gasteiger partial charge in [-0.3, -0.25) is 15.8 Å². The Kier molecular flexibility index (Phi) is 4.30. The summed E-state index contributed by atoms with van der Waals surface area (Å²) in [5.41, 5.74) is 5.57. The Hall–Kier alpha value is -1.34. The fraction of sp³-hybridized carbons (Fsp3) is 0.0667. The van der Waals surface area contributed by atoms with Gasteiger partial charge in [0.05, 0.1) is 17.3 Å². The lowest BCUT2D eigenvalue weighted by molar-refractivity contribution is 0.620. The van der Waals surface area contributed by atoms with E-state index < -0.39 is 0 Å². The molecular formula is C15H12Br2N4. The molecule has 0 radical (unpaired) electrons. The van der Waals surface area contributed by atoms with Crippen LogP contribution in [0.15, 0.2) is 57.7 Å². The molecule has 2 heterocycles. The number of hydrogen-bond acceptors (Lipinski definition) is 4. The van der Waals surface area contributed by atoms with Gasteiger partial charge < -0.3 is 0 Å². The highest BCUT2D eigenvalue weighted by molar-refractivity contribution is 9.11. The molecule has 0 saturated heterocycles. The number of para-hydroxylation sites is 1. The van der Waals surface area contributed by atoms with Crippen LogP contribution in [0.4, 0.5) is 0 Å². The minimum Gasteiger partial charge on any atom is -0.271 e. The molecule has 21 heavy (non-hydrogen) atoms. The first-order valence-corrected chi connectivity index (χ1v) is 7.90. The molecule has 4 nitrogen and oxygen atoms in total. The zero-order chi connectivity index (χ0) is 14.8. The van der Waals surface area contributed by atoms with Crippen LogP contribution in [0.3, 0.4) is 0 Å². The highest BCUT2D eigenvalue weighted by Crippen LogP contribution is 2.31. The monoisotopic (exact) mass is 406 g/mol. The molecule has 3 aromatic rings. The Morgan fingerprint density at radius 3 is 2.67 bits per heavy atom. The van der Waals surface area contributed by atoms with Gasteiger partial charge in [-0.15, -0.1) is 0 Å².